The Kier molecular flexibility index (Phi) is 1.85. The van der Waals surface area contributed by atoms with Crippen LogP contribution in [0.1, 0.15) is 11.1 Å². The van der Waals surface area contributed by atoms with Gasteiger partial charge in [0.15, 0.2) is 5.06 Å². The summed E-state index contributed by atoms with van der Waals surface area (Å²) in [6, 6.07) is 0. The molecule has 0 aliphatic carbocycles. The number of hydrogen-bond donors (Lipinski definition) is 0. The van der Waals surface area contributed by atoms with Gasteiger partial charge in [0.1, 0.15) is 0 Å². The average molecular weight is 198 g/mol. The normalized spacial score (nSPS) is 10.9. The fourth-order valence-corrected chi connectivity index (χ4v) is 3.62. The molecule has 0 amide bonds. The van der Waals surface area contributed by atoms with Gasteiger partial charge in [0.2, 0.25) is 0 Å². The van der Waals surface area contributed by atoms with Crippen molar-refractivity contribution in [2.75, 3.05) is 7.11 Å². The quantitative estimate of drug-likeness (QED) is 0.680. The van der Waals surface area contributed by atoms with Crippen LogP contribution in [0.3, 0.4) is 0 Å². The molecule has 0 N–H and O–H groups in total. The molecule has 0 atom stereocenters. The summed E-state index contributed by atoms with van der Waals surface area (Å²) in [5, 5.41) is 3.26. The van der Waals surface area contributed by atoms with E-state index in [1.807, 2.05) is 11.3 Å². The topological polar surface area (TPSA) is 9.23 Å². The van der Waals surface area contributed by atoms with Gasteiger partial charge in [-0.25, -0.2) is 0 Å². The number of methoxy groups -OCH3 is 1. The Morgan fingerprint density at radius 3 is 2.58 bits per heavy atom. The van der Waals surface area contributed by atoms with Gasteiger partial charge in [-0.05, 0) is 24.8 Å². The third-order valence-electron chi connectivity index (χ3n) is 1.94. The van der Waals surface area contributed by atoms with Crippen molar-refractivity contribution in [3.8, 4) is 5.06 Å². The summed E-state index contributed by atoms with van der Waals surface area (Å²) in [6.07, 6.45) is 0. The summed E-state index contributed by atoms with van der Waals surface area (Å²) >= 11 is 3.55. The fraction of sp³-hybridized carbons (Fsp3) is 0.333. The van der Waals surface area contributed by atoms with Crippen molar-refractivity contribution in [1.82, 2.24) is 0 Å². The molecule has 0 aromatic carbocycles. The second-order valence-corrected chi connectivity index (χ2v) is 4.66. The van der Waals surface area contributed by atoms with Crippen molar-refractivity contribution in [1.29, 1.82) is 0 Å². The number of ether oxygens (including phenoxy) is 1. The fourth-order valence-electron chi connectivity index (χ4n) is 1.28. The van der Waals surface area contributed by atoms with Crippen molar-refractivity contribution in [2.24, 2.45) is 0 Å². The molecular formula is C9H10OS2. The lowest BCUT2D eigenvalue weighted by Crippen LogP contribution is -1.78. The van der Waals surface area contributed by atoms with Crippen LogP contribution in [0.15, 0.2) is 5.38 Å². The SMILES string of the molecule is COc1sc2c(C)csc2c1C. The Morgan fingerprint density at radius 1 is 1.25 bits per heavy atom. The van der Waals surface area contributed by atoms with E-state index in [1.54, 1.807) is 18.4 Å². The van der Waals surface area contributed by atoms with Crippen molar-refractivity contribution < 1.29 is 4.74 Å². The zero-order chi connectivity index (χ0) is 8.72. The highest BCUT2D eigenvalue weighted by atomic mass is 32.1. The van der Waals surface area contributed by atoms with Crippen LogP contribution < -0.4 is 4.74 Å². The molecule has 0 saturated heterocycles. The van der Waals surface area contributed by atoms with E-state index >= 15 is 0 Å². The molecule has 2 aromatic rings. The monoisotopic (exact) mass is 198 g/mol. The Bertz CT molecular complexity index is 411. The smallest absolute Gasteiger partial charge is 0.178 e. The molecule has 2 rings (SSSR count). The first-order chi connectivity index (χ1) is 5.74. The predicted molar refractivity (Wildman–Crippen MR) is 55.7 cm³/mol. The third kappa shape index (κ3) is 0.967. The van der Waals surface area contributed by atoms with Gasteiger partial charge in [0, 0.05) is 5.56 Å². The summed E-state index contributed by atoms with van der Waals surface area (Å²) < 4.78 is 8.04. The standard InChI is InChI=1S/C9H10OS2/c1-5-4-11-8-6(2)9(10-3)12-7(5)8/h4H,1-3H3. The molecule has 2 aromatic heterocycles. The van der Waals surface area contributed by atoms with Gasteiger partial charge in [0.25, 0.3) is 0 Å². The van der Waals surface area contributed by atoms with E-state index in [0.717, 1.165) is 5.06 Å². The lowest BCUT2D eigenvalue weighted by Gasteiger charge is -1.93. The zero-order valence-electron chi connectivity index (χ0n) is 7.30. The van der Waals surface area contributed by atoms with Crippen LogP contribution in [0.25, 0.3) is 9.40 Å². The molecule has 0 saturated carbocycles. The van der Waals surface area contributed by atoms with Crippen LogP contribution in [0.4, 0.5) is 0 Å². The number of fused-ring (bicyclic) bond motifs is 1. The molecule has 64 valence electrons. The minimum Gasteiger partial charge on any atom is -0.487 e. The Hall–Kier alpha value is -0.540. The van der Waals surface area contributed by atoms with E-state index < -0.39 is 0 Å². The third-order valence-corrected chi connectivity index (χ3v) is 4.68. The zero-order valence-corrected chi connectivity index (χ0v) is 8.94. The number of aryl methyl sites for hydroxylation is 2. The van der Waals surface area contributed by atoms with E-state index in [-0.39, 0.29) is 0 Å². The lowest BCUT2D eigenvalue weighted by atomic mass is 10.3. The molecule has 0 fully saturated rings. The van der Waals surface area contributed by atoms with Crippen molar-refractivity contribution in [2.45, 2.75) is 13.8 Å². The van der Waals surface area contributed by atoms with Gasteiger partial charge < -0.3 is 4.74 Å². The van der Waals surface area contributed by atoms with E-state index in [4.69, 9.17) is 4.74 Å². The van der Waals surface area contributed by atoms with E-state index in [9.17, 15) is 0 Å². The highest BCUT2D eigenvalue weighted by Crippen LogP contribution is 2.41. The van der Waals surface area contributed by atoms with Gasteiger partial charge in [-0.15, -0.1) is 11.3 Å². The maximum atomic E-state index is 5.27. The molecule has 0 aliphatic rings. The maximum Gasteiger partial charge on any atom is 0.178 e. The molecule has 0 unspecified atom stereocenters. The molecular weight excluding hydrogens is 188 g/mol. The summed E-state index contributed by atoms with van der Waals surface area (Å²) in [5.74, 6) is 0. The highest BCUT2D eigenvalue weighted by molar-refractivity contribution is 7.28. The Balaban J connectivity index is 2.79. The van der Waals surface area contributed by atoms with Crippen LogP contribution in [-0.4, -0.2) is 7.11 Å². The first-order valence-electron chi connectivity index (χ1n) is 3.75. The largest absolute Gasteiger partial charge is 0.487 e. The summed E-state index contributed by atoms with van der Waals surface area (Å²) in [4.78, 5) is 0. The van der Waals surface area contributed by atoms with Crippen LogP contribution >= 0.6 is 22.7 Å². The van der Waals surface area contributed by atoms with Crippen molar-refractivity contribution >= 4 is 32.1 Å². The highest BCUT2D eigenvalue weighted by Gasteiger charge is 2.11. The van der Waals surface area contributed by atoms with Gasteiger partial charge >= 0.3 is 0 Å². The number of rotatable bonds is 1. The van der Waals surface area contributed by atoms with E-state index in [2.05, 4.69) is 19.2 Å². The molecule has 12 heavy (non-hydrogen) atoms. The molecule has 0 bridgehead atoms. The first kappa shape index (κ1) is 8.08. The average Bonchev–Trinajstić information content (AvgIpc) is 2.55. The summed E-state index contributed by atoms with van der Waals surface area (Å²) in [7, 11) is 1.73. The van der Waals surface area contributed by atoms with Crippen molar-refractivity contribution in [3.63, 3.8) is 0 Å². The molecule has 0 radical (unpaired) electrons. The number of thiophene rings is 2. The lowest BCUT2D eigenvalue weighted by molar-refractivity contribution is 0.425. The van der Waals surface area contributed by atoms with Crippen LogP contribution in [0, 0.1) is 13.8 Å². The van der Waals surface area contributed by atoms with Gasteiger partial charge in [-0.1, -0.05) is 11.3 Å². The van der Waals surface area contributed by atoms with Gasteiger partial charge in [-0.2, -0.15) is 0 Å². The second-order valence-electron chi connectivity index (χ2n) is 2.80. The maximum absolute atomic E-state index is 5.27. The number of hydrogen-bond acceptors (Lipinski definition) is 3. The summed E-state index contributed by atoms with van der Waals surface area (Å²) in [5.41, 5.74) is 2.65. The van der Waals surface area contributed by atoms with Crippen LogP contribution in [0.5, 0.6) is 5.06 Å². The predicted octanol–water partition coefficient (Wildman–Crippen LogP) is 3.59. The van der Waals surface area contributed by atoms with Crippen molar-refractivity contribution in [3.05, 3.63) is 16.5 Å². The van der Waals surface area contributed by atoms with Gasteiger partial charge in [-0.3, -0.25) is 0 Å². The summed E-state index contributed by atoms with van der Waals surface area (Å²) in [6.45, 7) is 4.27. The minimum absolute atomic E-state index is 1.06. The Morgan fingerprint density at radius 2 is 2.00 bits per heavy atom. The Labute approximate surface area is 79.6 Å². The van der Waals surface area contributed by atoms with Crippen LogP contribution in [0.2, 0.25) is 0 Å². The molecule has 1 nitrogen and oxygen atoms in total. The second kappa shape index (κ2) is 2.75. The van der Waals surface area contributed by atoms with Gasteiger partial charge in [0.05, 0.1) is 16.5 Å². The molecule has 2 heterocycles. The molecule has 0 aliphatic heterocycles. The molecule has 3 heteroatoms. The molecule has 0 spiro atoms. The van der Waals surface area contributed by atoms with Crippen LogP contribution in [-0.2, 0) is 0 Å². The minimum atomic E-state index is 1.06. The first-order valence-corrected chi connectivity index (χ1v) is 5.45. The van der Waals surface area contributed by atoms with E-state index in [1.165, 1.54) is 20.5 Å². The van der Waals surface area contributed by atoms with E-state index in [0.29, 0.717) is 0 Å².